The second-order valence-corrected chi connectivity index (χ2v) is 9.21. The number of hydrogen-bond donors (Lipinski definition) is 1. The van der Waals surface area contributed by atoms with E-state index in [2.05, 4.69) is 10.2 Å². The van der Waals surface area contributed by atoms with Crippen LogP contribution in [0.3, 0.4) is 0 Å². The first-order chi connectivity index (χ1) is 15.9. The van der Waals surface area contributed by atoms with Crippen molar-refractivity contribution in [3.05, 3.63) is 23.8 Å². The zero-order chi connectivity index (χ0) is 23.5. The summed E-state index contributed by atoms with van der Waals surface area (Å²) in [5.41, 5.74) is 0.234. The third-order valence-electron chi connectivity index (χ3n) is 7.09. The summed E-state index contributed by atoms with van der Waals surface area (Å²) in [5.74, 6) is -1.55. The number of nitrogens with zero attached hydrogens (tertiary/aromatic N) is 4. The third kappa shape index (κ3) is 5.26. The molecule has 3 saturated heterocycles. The highest BCUT2D eigenvalue weighted by Crippen LogP contribution is 2.31. The van der Waals surface area contributed by atoms with Crippen LogP contribution in [0.2, 0.25) is 0 Å². The van der Waals surface area contributed by atoms with Gasteiger partial charge in [0.1, 0.15) is 11.7 Å². The summed E-state index contributed by atoms with van der Waals surface area (Å²) in [6.07, 6.45) is 3.40. The molecular weight excluding hydrogens is 432 g/mol. The molecule has 0 aliphatic carbocycles. The van der Waals surface area contributed by atoms with Crippen molar-refractivity contribution in [2.75, 3.05) is 62.7 Å². The summed E-state index contributed by atoms with van der Waals surface area (Å²) in [5, 5.41) is 2.27. The van der Waals surface area contributed by atoms with Crippen LogP contribution in [0.25, 0.3) is 0 Å². The van der Waals surface area contributed by atoms with Gasteiger partial charge in [-0.1, -0.05) is 0 Å². The molecule has 1 N–H and O–H groups in total. The maximum Gasteiger partial charge on any atom is 0.249 e. The van der Waals surface area contributed by atoms with Crippen molar-refractivity contribution in [2.24, 2.45) is 5.92 Å². The molecule has 180 valence electrons. The average molecular weight is 464 g/mol. The number of hydrogen-bond acceptors (Lipinski definition) is 6. The Labute approximate surface area is 192 Å². The van der Waals surface area contributed by atoms with E-state index in [1.165, 1.54) is 17.0 Å². The summed E-state index contributed by atoms with van der Waals surface area (Å²) in [7, 11) is 1.60. The lowest BCUT2D eigenvalue weighted by Crippen LogP contribution is -2.51. The fraction of sp³-hybridized carbons (Fsp3) is 0.609. The predicted octanol–water partition coefficient (Wildman–Crippen LogP) is 1.20. The molecule has 1 atom stereocenters. The van der Waals surface area contributed by atoms with Crippen molar-refractivity contribution in [1.82, 2.24) is 15.1 Å². The van der Waals surface area contributed by atoms with Gasteiger partial charge in [0.15, 0.2) is 11.6 Å². The van der Waals surface area contributed by atoms with Gasteiger partial charge in [0, 0.05) is 65.0 Å². The summed E-state index contributed by atoms with van der Waals surface area (Å²) < 4.78 is 30.0. The van der Waals surface area contributed by atoms with E-state index in [1.807, 2.05) is 0 Å². The number of piperazine rings is 1. The van der Waals surface area contributed by atoms with Crippen molar-refractivity contribution in [3.63, 3.8) is 0 Å². The highest BCUT2D eigenvalue weighted by molar-refractivity contribution is 6.01. The van der Waals surface area contributed by atoms with E-state index >= 15 is 8.78 Å². The summed E-state index contributed by atoms with van der Waals surface area (Å²) in [6, 6.07) is 1.87. The molecule has 3 amide bonds. The van der Waals surface area contributed by atoms with Gasteiger partial charge in [0.2, 0.25) is 18.2 Å². The number of carbonyl (C=O) groups is 3. The van der Waals surface area contributed by atoms with Gasteiger partial charge in [0.05, 0.1) is 0 Å². The fourth-order valence-electron chi connectivity index (χ4n) is 5.05. The van der Waals surface area contributed by atoms with E-state index < -0.39 is 23.6 Å². The summed E-state index contributed by atoms with van der Waals surface area (Å²) in [4.78, 5) is 41.8. The smallest absolute Gasteiger partial charge is 0.249 e. The monoisotopic (exact) mass is 463 g/mol. The number of nitrogens with one attached hydrogen (secondary N) is 1. The molecule has 3 heterocycles. The molecule has 0 saturated carbocycles. The quantitative estimate of drug-likeness (QED) is 0.505. The van der Waals surface area contributed by atoms with Crippen LogP contribution in [0.1, 0.15) is 25.7 Å². The van der Waals surface area contributed by atoms with Gasteiger partial charge in [0.25, 0.3) is 0 Å². The molecule has 0 aromatic heterocycles. The standard InChI is InChI=1S/C23H31F2N5O3/c1-27(20-2-3-21(32)26-23(20)33)17-12-18(24)22(19(25)13-17)30-10-8-28(9-11-30)14-16-4-6-29(15-31)7-5-16/h12-13,15-16,20H,2-11,14H2,1H3,(H,26,32,33). The Morgan fingerprint density at radius 3 is 2.24 bits per heavy atom. The van der Waals surface area contributed by atoms with Crippen LogP contribution in [0.4, 0.5) is 20.2 Å². The Hall–Kier alpha value is -2.75. The molecule has 0 radical (unpaired) electrons. The minimum Gasteiger partial charge on any atom is -0.364 e. The van der Waals surface area contributed by atoms with Crippen molar-refractivity contribution >= 4 is 29.6 Å². The van der Waals surface area contributed by atoms with Crippen LogP contribution < -0.4 is 15.1 Å². The van der Waals surface area contributed by atoms with Crippen LogP contribution in [0.5, 0.6) is 0 Å². The Morgan fingerprint density at radius 2 is 1.67 bits per heavy atom. The van der Waals surface area contributed by atoms with Gasteiger partial charge >= 0.3 is 0 Å². The Kier molecular flexibility index (Phi) is 7.11. The molecule has 0 bridgehead atoms. The number of carbonyl (C=O) groups excluding carboxylic acids is 3. The third-order valence-corrected chi connectivity index (χ3v) is 7.09. The second-order valence-electron chi connectivity index (χ2n) is 9.21. The maximum atomic E-state index is 15.0. The SMILES string of the molecule is CN(c1cc(F)c(N2CCN(CC3CCN(C=O)CC3)CC2)c(F)c1)C1CCC(=O)NC1=O. The number of anilines is 2. The lowest BCUT2D eigenvalue weighted by Gasteiger charge is -2.39. The van der Waals surface area contributed by atoms with Crippen LogP contribution in [0, 0.1) is 17.6 Å². The minimum atomic E-state index is -0.654. The first-order valence-electron chi connectivity index (χ1n) is 11.6. The minimum absolute atomic E-state index is 0.0330. The van der Waals surface area contributed by atoms with E-state index in [0.717, 1.165) is 52.0 Å². The van der Waals surface area contributed by atoms with Crippen molar-refractivity contribution in [2.45, 2.75) is 31.7 Å². The molecular formula is C23H31F2N5O3. The number of imide groups is 1. The average Bonchev–Trinajstić information content (AvgIpc) is 2.80. The number of rotatable bonds is 6. The van der Waals surface area contributed by atoms with Gasteiger partial charge in [-0.05, 0) is 37.3 Å². The molecule has 10 heteroatoms. The number of amides is 3. The maximum absolute atomic E-state index is 15.0. The van der Waals surface area contributed by atoms with Gasteiger partial charge in [-0.15, -0.1) is 0 Å². The topological polar surface area (TPSA) is 76.2 Å². The molecule has 1 aromatic carbocycles. The van der Waals surface area contributed by atoms with Crippen molar-refractivity contribution in [3.8, 4) is 0 Å². The van der Waals surface area contributed by atoms with Crippen LogP contribution in [0.15, 0.2) is 12.1 Å². The summed E-state index contributed by atoms with van der Waals surface area (Å²) in [6.45, 7) is 5.05. The molecule has 4 rings (SSSR count). The van der Waals surface area contributed by atoms with E-state index in [0.29, 0.717) is 25.4 Å². The number of likely N-dealkylation sites (tertiary alicyclic amines) is 1. The van der Waals surface area contributed by atoms with Gasteiger partial charge in [-0.25, -0.2) is 8.78 Å². The Bertz CT molecular complexity index is 875. The zero-order valence-electron chi connectivity index (χ0n) is 18.9. The first-order valence-corrected chi connectivity index (χ1v) is 11.6. The van der Waals surface area contributed by atoms with Crippen LogP contribution in [-0.4, -0.2) is 86.9 Å². The Morgan fingerprint density at radius 1 is 1.03 bits per heavy atom. The lowest BCUT2D eigenvalue weighted by molar-refractivity contribution is -0.134. The highest BCUT2D eigenvalue weighted by Gasteiger charge is 2.32. The molecule has 0 spiro atoms. The van der Waals surface area contributed by atoms with Gasteiger partial charge in [-0.3, -0.25) is 24.6 Å². The molecule has 3 aliphatic heterocycles. The molecule has 8 nitrogen and oxygen atoms in total. The lowest BCUT2D eigenvalue weighted by atomic mass is 9.96. The van der Waals surface area contributed by atoms with Crippen LogP contribution in [-0.2, 0) is 14.4 Å². The zero-order valence-corrected chi connectivity index (χ0v) is 18.9. The predicted molar refractivity (Wildman–Crippen MR) is 120 cm³/mol. The molecule has 3 aliphatic rings. The molecule has 3 fully saturated rings. The van der Waals surface area contributed by atoms with Crippen molar-refractivity contribution in [1.29, 1.82) is 0 Å². The van der Waals surface area contributed by atoms with Crippen molar-refractivity contribution < 1.29 is 23.2 Å². The van der Waals surface area contributed by atoms with Gasteiger partial charge < -0.3 is 14.7 Å². The molecule has 1 aromatic rings. The highest BCUT2D eigenvalue weighted by atomic mass is 19.1. The number of piperidine rings is 2. The number of halogens is 2. The summed E-state index contributed by atoms with van der Waals surface area (Å²) >= 11 is 0. The normalized spacial score (nSPS) is 22.9. The second kappa shape index (κ2) is 10.0. The molecule has 1 unspecified atom stereocenters. The van der Waals surface area contributed by atoms with E-state index in [9.17, 15) is 14.4 Å². The van der Waals surface area contributed by atoms with E-state index in [1.54, 1.807) is 16.8 Å². The fourth-order valence-corrected chi connectivity index (χ4v) is 5.05. The molecule has 33 heavy (non-hydrogen) atoms. The van der Waals surface area contributed by atoms with E-state index in [-0.39, 0.29) is 23.7 Å². The largest absolute Gasteiger partial charge is 0.364 e. The van der Waals surface area contributed by atoms with E-state index in [4.69, 9.17) is 0 Å². The van der Waals surface area contributed by atoms with Gasteiger partial charge in [-0.2, -0.15) is 0 Å². The van der Waals surface area contributed by atoms with Crippen LogP contribution >= 0.6 is 0 Å². The first kappa shape index (κ1) is 23.4. The number of benzene rings is 1. The Balaban J connectivity index is 1.35. The number of likely N-dealkylation sites (N-methyl/N-ethyl adjacent to an activating group) is 1.